The highest BCUT2D eigenvalue weighted by Crippen LogP contribution is 2.47. The van der Waals surface area contributed by atoms with Gasteiger partial charge in [0.2, 0.25) is 5.91 Å². The van der Waals surface area contributed by atoms with Gasteiger partial charge in [0.15, 0.2) is 5.60 Å². The number of hydrogen-bond donors (Lipinski definition) is 2. The van der Waals surface area contributed by atoms with Gasteiger partial charge in [0.25, 0.3) is 5.56 Å². The average molecular weight is 552 g/mol. The van der Waals surface area contributed by atoms with Crippen LogP contribution in [-0.2, 0) is 44.2 Å². The highest BCUT2D eigenvalue weighted by atomic mass is 35.5. The number of halogens is 1. The highest BCUT2D eigenvalue weighted by molar-refractivity contribution is 6.32. The quantitative estimate of drug-likeness (QED) is 0.364. The zero-order valence-corrected chi connectivity index (χ0v) is 23.1. The minimum Gasteiger partial charge on any atom is -0.458 e. The van der Waals surface area contributed by atoms with Crippen molar-refractivity contribution in [2.75, 3.05) is 6.61 Å². The Balaban J connectivity index is 1.65. The fraction of sp³-hybridized carbons (Fsp3) is 0.448. The Labute approximate surface area is 230 Å². The molecule has 9 nitrogen and oxygen atoms in total. The number of carbonyl (C=O) groups is 2. The van der Waals surface area contributed by atoms with Gasteiger partial charge < -0.3 is 24.5 Å². The van der Waals surface area contributed by atoms with E-state index in [0.29, 0.717) is 52.3 Å². The fourth-order valence-electron chi connectivity index (χ4n) is 6.52. The van der Waals surface area contributed by atoms with Crippen LogP contribution in [-0.4, -0.2) is 39.2 Å². The van der Waals surface area contributed by atoms with Crippen molar-refractivity contribution in [3.8, 4) is 11.4 Å². The number of ether oxygens (including phenoxy) is 2. The van der Waals surface area contributed by atoms with Crippen LogP contribution in [0.3, 0.4) is 0 Å². The van der Waals surface area contributed by atoms with Gasteiger partial charge >= 0.3 is 5.97 Å². The van der Waals surface area contributed by atoms with Crippen LogP contribution in [0.2, 0.25) is 5.02 Å². The number of nitrogens with zero attached hydrogens (tertiary/aromatic N) is 2. The number of rotatable bonds is 5. The van der Waals surface area contributed by atoms with Gasteiger partial charge in [-0.3, -0.25) is 9.59 Å². The van der Waals surface area contributed by atoms with E-state index in [1.165, 1.54) is 0 Å². The normalized spacial score (nSPS) is 21.0. The Kier molecular flexibility index (Phi) is 6.09. The molecule has 4 heterocycles. The van der Waals surface area contributed by atoms with Gasteiger partial charge in [-0.1, -0.05) is 18.5 Å². The zero-order valence-electron chi connectivity index (χ0n) is 22.3. The molecule has 204 valence electrons. The number of benzene rings is 1. The molecule has 0 radical (unpaired) electrons. The number of fused-ring (bicyclic) bond motifs is 5. The van der Waals surface area contributed by atoms with Gasteiger partial charge in [0.1, 0.15) is 13.2 Å². The second-order valence-corrected chi connectivity index (χ2v) is 11.2. The summed E-state index contributed by atoms with van der Waals surface area (Å²) in [7, 11) is 0. The molecule has 1 amide bonds. The van der Waals surface area contributed by atoms with Crippen molar-refractivity contribution in [1.29, 1.82) is 0 Å². The Morgan fingerprint density at radius 1 is 1.31 bits per heavy atom. The topological polar surface area (TPSA) is 120 Å². The maximum Gasteiger partial charge on any atom is 0.343 e. The smallest absolute Gasteiger partial charge is 0.343 e. The van der Waals surface area contributed by atoms with Crippen LogP contribution in [0.4, 0.5) is 0 Å². The van der Waals surface area contributed by atoms with Crippen LogP contribution < -0.4 is 10.9 Å². The molecule has 3 aromatic rings. The van der Waals surface area contributed by atoms with E-state index in [2.05, 4.69) is 5.32 Å². The Bertz CT molecular complexity index is 1640. The van der Waals surface area contributed by atoms with E-state index in [0.717, 1.165) is 27.6 Å². The number of amides is 1. The van der Waals surface area contributed by atoms with Gasteiger partial charge in [-0.05, 0) is 68.9 Å². The first-order chi connectivity index (χ1) is 18.6. The molecule has 0 fully saturated rings. The van der Waals surface area contributed by atoms with Gasteiger partial charge in [-0.25, -0.2) is 9.78 Å². The van der Waals surface area contributed by atoms with E-state index in [1.54, 1.807) is 4.57 Å². The molecule has 1 aliphatic carbocycles. The molecule has 0 saturated carbocycles. The van der Waals surface area contributed by atoms with Crippen LogP contribution in [0, 0.1) is 6.92 Å². The number of aryl methyl sites for hydroxylation is 1. The molecule has 0 saturated heterocycles. The van der Waals surface area contributed by atoms with Gasteiger partial charge in [0.05, 0.1) is 41.2 Å². The molecule has 1 unspecified atom stereocenters. The molecule has 1 aromatic carbocycles. The maximum atomic E-state index is 13.9. The number of aliphatic hydroxyl groups excluding tert-OH is 1. The SMILES string of the molecule is CC[C@@]1(OC(C)C)C(=O)OCc2c1cc1n(c2=O)Cc2c-1nc1cc(Cl)c(C)c3c1c2C(NC(=O)CO)CC3. The Hall–Kier alpha value is -3.27. The zero-order chi connectivity index (χ0) is 27.8. The third-order valence-corrected chi connectivity index (χ3v) is 8.65. The van der Waals surface area contributed by atoms with E-state index in [9.17, 15) is 19.5 Å². The van der Waals surface area contributed by atoms with Crippen LogP contribution in [0.1, 0.15) is 73.0 Å². The molecule has 6 rings (SSSR count). The third kappa shape index (κ3) is 3.67. The summed E-state index contributed by atoms with van der Waals surface area (Å²) in [5.74, 6) is -0.973. The summed E-state index contributed by atoms with van der Waals surface area (Å²) in [5.41, 5.74) is 4.93. The first-order valence-corrected chi connectivity index (χ1v) is 13.7. The van der Waals surface area contributed by atoms with Gasteiger partial charge in [-0.2, -0.15) is 0 Å². The van der Waals surface area contributed by atoms with Crippen LogP contribution >= 0.6 is 11.6 Å². The van der Waals surface area contributed by atoms with Crippen molar-refractivity contribution in [3.05, 3.63) is 60.9 Å². The molecule has 3 aliphatic rings. The third-order valence-electron chi connectivity index (χ3n) is 8.26. The summed E-state index contributed by atoms with van der Waals surface area (Å²) in [6, 6.07) is 3.31. The molecule has 2 aliphatic heterocycles. The predicted octanol–water partition coefficient (Wildman–Crippen LogP) is 3.57. The number of cyclic esters (lactones) is 1. The monoisotopic (exact) mass is 551 g/mol. The lowest BCUT2D eigenvalue weighted by molar-refractivity contribution is -0.187. The molecular formula is C29H30ClN3O6. The van der Waals surface area contributed by atoms with E-state index in [1.807, 2.05) is 39.8 Å². The molecular weight excluding hydrogens is 522 g/mol. The van der Waals surface area contributed by atoms with Crippen molar-refractivity contribution in [2.45, 2.75) is 77.9 Å². The molecule has 10 heteroatoms. The summed E-state index contributed by atoms with van der Waals surface area (Å²) >= 11 is 6.62. The standard InChI is InChI=1S/C29H30ClN3O6/c1-5-29(39-13(2)3)18-8-22-26-16(10-33(22)27(36)17(18)12-38-28(29)37)25-20(31-23(35)11-34)7-6-15-14(4)19(30)9-21(32-26)24(15)25/h8-9,13,20,34H,5-7,10-12H2,1-4H3,(H,31,35)/t20?,29-/m0/s1. The summed E-state index contributed by atoms with van der Waals surface area (Å²) in [6.07, 6.45) is 1.34. The Morgan fingerprint density at radius 2 is 2.08 bits per heavy atom. The Morgan fingerprint density at radius 3 is 2.77 bits per heavy atom. The summed E-state index contributed by atoms with van der Waals surface area (Å²) in [6.45, 7) is 7.03. The number of aromatic nitrogens is 2. The van der Waals surface area contributed by atoms with Gasteiger partial charge in [0, 0.05) is 21.5 Å². The van der Waals surface area contributed by atoms with Crippen molar-refractivity contribution >= 4 is 34.4 Å². The predicted molar refractivity (Wildman–Crippen MR) is 145 cm³/mol. The van der Waals surface area contributed by atoms with E-state index < -0.39 is 24.1 Å². The second-order valence-electron chi connectivity index (χ2n) is 10.8. The molecule has 2 N–H and O–H groups in total. The second kappa shape index (κ2) is 9.15. The van der Waals surface area contributed by atoms with Gasteiger partial charge in [-0.15, -0.1) is 0 Å². The minimum atomic E-state index is -1.39. The lowest BCUT2D eigenvalue weighted by atomic mass is 9.81. The molecule has 2 aromatic heterocycles. The number of pyridine rings is 2. The van der Waals surface area contributed by atoms with Crippen molar-refractivity contribution in [1.82, 2.24) is 14.9 Å². The van der Waals surface area contributed by atoms with Crippen LogP contribution in [0.5, 0.6) is 0 Å². The number of esters is 1. The van der Waals surface area contributed by atoms with Crippen LogP contribution in [0.15, 0.2) is 16.9 Å². The summed E-state index contributed by atoms with van der Waals surface area (Å²) in [4.78, 5) is 44.3. The first-order valence-electron chi connectivity index (χ1n) is 13.3. The number of nitrogens with one attached hydrogen (secondary N) is 1. The summed E-state index contributed by atoms with van der Waals surface area (Å²) in [5, 5.41) is 13.9. The van der Waals surface area contributed by atoms with E-state index >= 15 is 0 Å². The van der Waals surface area contributed by atoms with E-state index in [4.69, 9.17) is 26.1 Å². The van der Waals surface area contributed by atoms with Crippen molar-refractivity contribution in [2.24, 2.45) is 0 Å². The molecule has 2 atom stereocenters. The first kappa shape index (κ1) is 26.0. The van der Waals surface area contributed by atoms with Crippen LogP contribution in [0.25, 0.3) is 22.3 Å². The maximum absolute atomic E-state index is 13.9. The lowest BCUT2D eigenvalue weighted by Crippen LogP contribution is -2.47. The molecule has 39 heavy (non-hydrogen) atoms. The molecule has 0 spiro atoms. The van der Waals surface area contributed by atoms with Crippen molar-refractivity contribution in [3.63, 3.8) is 0 Å². The highest BCUT2D eigenvalue weighted by Gasteiger charge is 2.49. The number of carbonyl (C=O) groups excluding carboxylic acids is 2. The number of hydrogen-bond acceptors (Lipinski definition) is 7. The summed E-state index contributed by atoms with van der Waals surface area (Å²) < 4.78 is 13.3. The average Bonchev–Trinajstić information content (AvgIpc) is 3.28. The van der Waals surface area contributed by atoms with Crippen molar-refractivity contribution < 1.29 is 24.2 Å². The molecule has 0 bridgehead atoms. The number of aliphatic hydroxyl groups is 1. The lowest BCUT2D eigenvalue weighted by Gasteiger charge is -2.37. The largest absolute Gasteiger partial charge is 0.458 e. The fourth-order valence-corrected chi connectivity index (χ4v) is 6.74. The van der Waals surface area contributed by atoms with E-state index in [-0.39, 0.29) is 30.9 Å². The minimum absolute atomic E-state index is 0.122.